The molecule has 3 heteroatoms. The molecule has 1 nitrogen and oxygen atoms in total. The van der Waals surface area contributed by atoms with Crippen molar-refractivity contribution in [1.29, 1.82) is 0 Å². The first-order chi connectivity index (χ1) is 7.28. The highest BCUT2D eigenvalue weighted by molar-refractivity contribution is 14.1. The normalized spacial score (nSPS) is 10.2. The lowest BCUT2D eigenvalue weighted by atomic mass is 10.1. The molecule has 76 valence electrons. The highest BCUT2D eigenvalue weighted by atomic mass is 127. The Balaban J connectivity index is 2.14. The highest BCUT2D eigenvalue weighted by Crippen LogP contribution is 2.17. The fourth-order valence-electron chi connectivity index (χ4n) is 1.39. The minimum atomic E-state index is 0.801. The molecule has 15 heavy (non-hydrogen) atoms. The molecule has 0 spiro atoms. The average molecular weight is 328 g/mol. The lowest BCUT2D eigenvalue weighted by Gasteiger charge is -1.98. The molecule has 0 aliphatic carbocycles. The van der Waals surface area contributed by atoms with Crippen LogP contribution in [-0.2, 0) is 6.42 Å². The number of carbonyl (C=O) groups is 1. The van der Waals surface area contributed by atoms with Crippen LogP contribution in [0.4, 0.5) is 0 Å². The van der Waals surface area contributed by atoms with Gasteiger partial charge < -0.3 is 0 Å². The summed E-state index contributed by atoms with van der Waals surface area (Å²) in [5.74, 6) is 0. The number of rotatable bonds is 3. The fourth-order valence-corrected chi connectivity index (χ4v) is 2.46. The molecular formula is C12H9IOS. The summed E-state index contributed by atoms with van der Waals surface area (Å²) in [5, 5.41) is 2.04. The number of benzene rings is 1. The Labute approximate surface area is 106 Å². The SMILES string of the molecule is O=Cc1cc(Cc2ccc(I)cc2)cs1. The van der Waals surface area contributed by atoms with Gasteiger partial charge in [0.05, 0.1) is 4.88 Å². The van der Waals surface area contributed by atoms with E-state index in [4.69, 9.17) is 0 Å². The highest BCUT2D eigenvalue weighted by Gasteiger charge is 2.00. The zero-order valence-corrected chi connectivity index (χ0v) is 10.9. The third kappa shape index (κ3) is 2.89. The molecule has 1 aromatic heterocycles. The van der Waals surface area contributed by atoms with E-state index >= 15 is 0 Å². The van der Waals surface area contributed by atoms with Crippen LogP contribution in [0.2, 0.25) is 0 Å². The predicted molar refractivity (Wildman–Crippen MR) is 71.7 cm³/mol. The Morgan fingerprint density at radius 2 is 1.93 bits per heavy atom. The molecule has 2 rings (SSSR count). The lowest BCUT2D eigenvalue weighted by Crippen LogP contribution is -1.85. The molecule has 0 radical (unpaired) electrons. The quantitative estimate of drug-likeness (QED) is 0.619. The summed E-state index contributed by atoms with van der Waals surface area (Å²) < 4.78 is 1.25. The summed E-state index contributed by atoms with van der Waals surface area (Å²) in [6, 6.07) is 10.4. The Morgan fingerprint density at radius 1 is 1.20 bits per heavy atom. The van der Waals surface area contributed by atoms with E-state index in [9.17, 15) is 4.79 Å². The van der Waals surface area contributed by atoms with E-state index in [1.165, 1.54) is 26.0 Å². The summed E-state index contributed by atoms with van der Waals surface area (Å²) in [7, 11) is 0. The van der Waals surface area contributed by atoms with Crippen molar-refractivity contribution in [1.82, 2.24) is 0 Å². The minimum Gasteiger partial charge on any atom is -0.297 e. The molecule has 0 saturated carbocycles. The predicted octanol–water partition coefficient (Wildman–Crippen LogP) is 3.76. The fraction of sp³-hybridized carbons (Fsp3) is 0.0833. The molecule has 0 amide bonds. The van der Waals surface area contributed by atoms with Crippen molar-refractivity contribution in [3.63, 3.8) is 0 Å². The van der Waals surface area contributed by atoms with E-state index < -0.39 is 0 Å². The maximum absolute atomic E-state index is 10.5. The van der Waals surface area contributed by atoms with Crippen molar-refractivity contribution < 1.29 is 4.79 Å². The smallest absolute Gasteiger partial charge is 0.160 e. The average Bonchev–Trinajstić information content (AvgIpc) is 2.69. The topological polar surface area (TPSA) is 17.1 Å². The Morgan fingerprint density at radius 3 is 2.53 bits per heavy atom. The molecule has 0 saturated heterocycles. The molecule has 2 aromatic rings. The molecule has 0 bridgehead atoms. The number of hydrogen-bond acceptors (Lipinski definition) is 2. The van der Waals surface area contributed by atoms with Crippen LogP contribution in [0.25, 0.3) is 0 Å². The number of carbonyl (C=O) groups excluding carboxylic acids is 1. The standard InChI is InChI=1S/C12H9IOS/c13-11-3-1-9(2-4-11)5-10-6-12(7-14)15-8-10/h1-4,6-8H,5H2. The van der Waals surface area contributed by atoms with Crippen LogP contribution in [0, 0.1) is 3.57 Å². The van der Waals surface area contributed by atoms with Gasteiger partial charge in [0.2, 0.25) is 0 Å². The second-order valence-corrected chi connectivity index (χ2v) is 5.47. The largest absolute Gasteiger partial charge is 0.297 e. The molecule has 1 heterocycles. The van der Waals surface area contributed by atoms with Crippen LogP contribution in [-0.4, -0.2) is 6.29 Å². The monoisotopic (exact) mass is 328 g/mol. The summed E-state index contributed by atoms with van der Waals surface area (Å²) in [4.78, 5) is 11.3. The van der Waals surface area contributed by atoms with Crippen LogP contribution >= 0.6 is 33.9 Å². The van der Waals surface area contributed by atoms with Crippen molar-refractivity contribution in [3.8, 4) is 0 Å². The van der Waals surface area contributed by atoms with E-state index in [0.717, 1.165) is 17.6 Å². The van der Waals surface area contributed by atoms with Gasteiger partial charge in [0.1, 0.15) is 0 Å². The first-order valence-electron chi connectivity index (χ1n) is 4.55. The van der Waals surface area contributed by atoms with Crippen molar-refractivity contribution in [2.75, 3.05) is 0 Å². The molecule has 0 N–H and O–H groups in total. The lowest BCUT2D eigenvalue weighted by molar-refractivity contribution is 0.112. The van der Waals surface area contributed by atoms with Crippen molar-refractivity contribution in [2.24, 2.45) is 0 Å². The first-order valence-corrected chi connectivity index (χ1v) is 6.51. The van der Waals surface area contributed by atoms with Gasteiger partial charge in [-0.25, -0.2) is 0 Å². The van der Waals surface area contributed by atoms with E-state index in [-0.39, 0.29) is 0 Å². The van der Waals surface area contributed by atoms with Gasteiger partial charge in [-0.1, -0.05) is 12.1 Å². The van der Waals surface area contributed by atoms with Crippen molar-refractivity contribution >= 4 is 40.2 Å². The zero-order valence-electron chi connectivity index (χ0n) is 7.94. The van der Waals surface area contributed by atoms with Gasteiger partial charge in [0.25, 0.3) is 0 Å². The molecule has 0 atom stereocenters. The maximum Gasteiger partial charge on any atom is 0.160 e. The van der Waals surface area contributed by atoms with Crippen LogP contribution in [0.3, 0.4) is 0 Å². The minimum absolute atomic E-state index is 0.801. The van der Waals surface area contributed by atoms with Crippen LogP contribution < -0.4 is 0 Å². The summed E-state index contributed by atoms with van der Waals surface area (Å²) in [6.45, 7) is 0. The van der Waals surface area contributed by atoms with Gasteiger partial charge in [-0.3, -0.25) is 4.79 Å². The van der Waals surface area contributed by atoms with E-state index in [1.807, 2.05) is 11.4 Å². The molecular weight excluding hydrogens is 319 g/mol. The Kier molecular flexibility index (Phi) is 3.53. The Bertz CT molecular complexity index is 459. The maximum atomic E-state index is 10.5. The number of hydrogen-bond donors (Lipinski definition) is 0. The second-order valence-electron chi connectivity index (χ2n) is 3.28. The zero-order chi connectivity index (χ0) is 10.7. The molecule has 0 fully saturated rings. The number of thiophene rings is 1. The molecule has 0 aliphatic heterocycles. The third-order valence-corrected chi connectivity index (χ3v) is 3.74. The third-order valence-electron chi connectivity index (χ3n) is 2.11. The van der Waals surface area contributed by atoms with Crippen molar-refractivity contribution in [3.05, 3.63) is 55.3 Å². The van der Waals surface area contributed by atoms with Gasteiger partial charge in [-0.05, 0) is 63.7 Å². The van der Waals surface area contributed by atoms with Crippen molar-refractivity contribution in [2.45, 2.75) is 6.42 Å². The molecule has 0 aliphatic rings. The second kappa shape index (κ2) is 4.90. The van der Waals surface area contributed by atoms with Gasteiger partial charge in [0, 0.05) is 3.57 Å². The van der Waals surface area contributed by atoms with E-state index in [0.29, 0.717) is 0 Å². The van der Waals surface area contributed by atoms with Crippen LogP contribution in [0.5, 0.6) is 0 Å². The van der Waals surface area contributed by atoms with Gasteiger partial charge >= 0.3 is 0 Å². The van der Waals surface area contributed by atoms with Gasteiger partial charge in [-0.15, -0.1) is 11.3 Å². The first kappa shape index (κ1) is 10.8. The number of aldehydes is 1. The molecule has 0 unspecified atom stereocenters. The van der Waals surface area contributed by atoms with Gasteiger partial charge in [-0.2, -0.15) is 0 Å². The summed E-state index contributed by atoms with van der Waals surface area (Å²) in [6.07, 6.45) is 1.81. The number of halogens is 1. The van der Waals surface area contributed by atoms with E-state index in [2.05, 4.69) is 46.9 Å². The molecule has 1 aromatic carbocycles. The van der Waals surface area contributed by atoms with Crippen LogP contribution in [0.15, 0.2) is 35.7 Å². The van der Waals surface area contributed by atoms with E-state index in [1.54, 1.807) is 0 Å². The summed E-state index contributed by atoms with van der Waals surface area (Å²) >= 11 is 3.80. The van der Waals surface area contributed by atoms with Crippen LogP contribution in [0.1, 0.15) is 20.8 Å². The Hall–Kier alpha value is -0.680. The summed E-state index contributed by atoms with van der Waals surface area (Å²) in [5.41, 5.74) is 2.49. The van der Waals surface area contributed by atoms with Gasteiger partial charge in [0.15, 0.2) is 6.29 Å².